The molecule has 4 rings (SSSR count). The van der Waals surface area contributed by atoms with E-state index in [0.29, 0.717) is 11.6 Å². The van der Waals surface area contributed by atoms with Crippen LogP contribution in [0, 0.1) is 0 Å². The van der Waals surface area contributed by atoms with E-state index in [1.807, 2.05) is 6.07 Å². The average Bonchev–Trinajstić information content (AvgIpc) is 3.33. The van der Waals surface area contributed by atoms with Crippen molar-refractivity contribution in [2.75, 3.05) is 13.1 Å². The summed E-state index contributed by atoms with van der Waals surface area (Å²) in [5.74, 6) is 0.612. The molecule has 0 bridgehead atoms. The minimum Gasteiger partial charge on any atom is -0.332 e. The Kier molecular flexibility index (Phi) is 3.79. The van der Waals surface area contributed by atoms with Crippen LogP contribution in [-0.4, -0.2) is 33.4 Å². The molecule has 0 amide bonds. The standard InChI is InChI=1S/C16H14F3N5O/c17-16(18,19)11-3-1-2-9(6-11)14-21-15(25-24-14)13-7-12(22-23-13)10-4-5-20-8-10/h1-3,6-7,10,20H,4-5,8H2,(H,22,23). The summed E-state index contributed by atoms with van der Waals surface area (Å²) in [7, 11) is 0. The first-order chi connectivity index (χ1) is 12.0. The van der Waals surface area contributed by atoms with Gasteiger partial charge in [-0.1, -0.05) is 17.3 Å². The number of H-pyrrole nitrogens is 1. The zero-order chi connectivity index (χ0) is 17.4. The predicted molar refractivity (Wildman–Crippen MR) is 82.5 cm³/mol. The van der Waals surface area contributed by atoms with Crippen molar-refractivity contribution in [3.05, 3.63) is 41.6 Å². The Morgan fingerprint density at radius 1 is 1.20 bits per heavy atom. The summed E-state index contributed by atoms with van der Waals surface area (Å²) in [5.41, 5.74) is 0.930. The Balaban J connectivity index is 1.60. The fourth-order valence-electron chi connectivity index (χ4n) is 2.85. The van der Waals surface area contributed by atoms with Crippen LogP contribution in [-0.2, 0) is 6.18 Å². The van der Waals surface area contributed by atoms with Gasteiger partial charge in [-0.15, -0.1) is 0 Å². The molecule has 1 aliphatic rings. The largest absolute Gasteiger partial charge is 0.416 e. The van der Waals surface area contributed by atoms with Crippen molar-refractivity contribution < 1.29 is 17.7 Å². The van der Waals surface area contributed by atoms with Gasteiger partial charge in [0.2, 0.25) is 5.82 Å². The summed E-state index contributed by atoms with van der Waals surface area (Å²) < 4.78 is 43.6. The molecule has 1 aromatic carbocycles. The predicted octanol–water partition coefficient (Wildman–Crippen LogP) is 3.22. The van der Waals surface area contributed by atoms with Crippen molar-refractivity contribution in [3.63, 3.8) is 0 Å². The van der Waals surface area contributed by atoms with Crippen molar-refractivity contribution in [1.29, 1.82) is 0 Å². The molecule has 130 valence electrons. The molecule has 3 heterocycles. The summed E-state index contributed by atoms with van der Waals surface area (Å²) in [5, 5.41) is 14.2. The Labute approximate surface area is 140 Å². The summed E-state index contributed by atoms with van der Waals surface area (Å²) in [4.78, 5) is 4.17. The van der Waals surface area contributed by atoms with Gasteiger partial charge in [0, 0.05) is 23.7 Å². The molecule has 1 fully saturated rings. The highest BCUT2D eigenvalue weighted by molar-refractivity contribution is 5.59. The molecule has 25 heavy (non-hydrogen) atoms. The van der Waals surface area contributed by atoms with Gasteiger partial charge in [0.25, 0.3) is 5.89 Å². The molecule has 0 radical (unpaired) electrons. The fourth-order valence-corrected chi connectivity index (χ4v) is 2.85. The van der Waals surface area contributed by atoms with E-state index >= 15 is 0 Å². The molecular formula is C16H14F3N5O. The third-order valence-corrected chi connectivity index (χ3v) is 4.19. The Morgan fingerprint density at radius 3 is 2.84 bits per heavy atom. The summed E-state index contributed by atoms with van der Waals surface area (Å²) in [6, 6.07) is 6.65. The van der Waals surface area contributed by atoms with E-state index in [4.69, 9.17) is 4.52 Å². The number of aromatic amines is 1. The van der Waals surface area contributed by atoms with Crippen molar-refractivity contribution in [3.8, 4) is 23.0 Å². The molecule has 1 unspecified atom stereocenters. The summed E-state index contributed by atoms with van der Waals surface area (Å²) >= 11 is 0. The number of rotatable bonds is 3. The Bertz CT molecular complexity index is 880. The van der Waals surface area contributed by atoms with Gasteiger partial charge in [-0.25, -0.2) is 0 Å². The van der Waals surface area contributed by atoms with Crippen LogP contribution in [0.1, 0.15) is 23.6 Å². The number of halogens is 3. The zero-order valence-electron chi connectivity index (χ0n) is 13.0. The smallest absolute Gasteiger partial charge is 0.332 e. The second kappa shape index (κ2) is 5.99. The SMILES string of the molecule is FC(F)(F)c1cccc(-c2noc(-c3cc(C4CCNC4)[nH]n3)n2)c1. The van der Waals surface area contributed by atoms with E-state index in [1.165, 1.54) is 12.1 Å². The molecule has 0 aliphatic carbocycles. The normalized spacial score (nSPS) is 18.0. The first-order valence-corrected chi connectivity index (χ1v) is 7.78. The average molecular weight is 349 g/mol. The van der Waals surface area contributed by atoms with Crippen LogP contribution in [0.25, 0.3) is 23.0 Å². The zero-order valence-corrected chi connectivity index (χ0v) is 13.0. The van der Waals surface area contributed by atoms with Crippen molar-refractivity contribution in [1.82, 2.24) is 25.7 Å². The molecule has 1 saturated heterocycles. The first kappa shape index (κ1) is 15.8. The quantitative estimate of drug-likeness (QED) is 0.759. The number of nitrogens with one attached hydrogen (secondary N) is 2. The van der Waals surface area contributed by atoms with Gasteiger partial charge < -0.3 is 9.84 Å². The summed E-state index contributed by atoms with van der Waals surface area (Å²) in [6.07, 6.45) is -3.41. The molecule has 2 aromatic heterocycles. The maximum absolute atomic E-state index is 12.8. The van der Waals surface area contributed by atoms with Crippen LogP contribution >= 0.6 is 0 Å². The van der Waals surface area contributed by atoms with E-state index in [0.717, 1.165) is 37.3 Å². The van der Waals surface area contributed by atoms with Crippen LogP contribution < -0.4 is 5.32 Å². The number of benzene rings is 1. The highest BCUT2D eigenvalue weighted by Gasteiger charge is 2.31. The lowest BCUT2D eigenvalue weighted by Crippen LogP contribution is -2.08. The maximum atomic E-state index is 12.8. The lowest BCUT2D eigenvalue weighted by molar-refractivity contribution is -0.137. The van der Waals surface area contributed by atoms with Gasteiger partial charge in [0.1, 0.15) is 0 Å². The lowest BCUT2D eigenvalue weighted by atomic mass is 10.1. The van der Waals surface area contributed by atoms with E-state index < -0.39 is 11.7 Å². The van der Waals surface area contributed by atoms with Crippen molar-refractivity contribution in [2.24, 2.45) is 0 Å². The van der Waals surface area contributed by atoms with Gasteiger partial charge in [-0.2, -0.15) is 23.3 Å². The minimum absolute atomic E-state index is 0.0909. The van der Waals surface area contributed by atoms with Crippen molar-refractivity contribution in [2.45, 2.75) is 18.5 Å². The van der Waals surface area contributed by atoms with Gasteiger partial charge in [0.15, 0.2) is 5.69 Å². The Morgan fingerprint density at radius 2 is 2.08 bits per heavy atom. The minimum atomic E-state index is -4.42. The molecule has 0 spiro atoms. The number of aromatic nitrogens is 4. The highest BCUT2D eigenvalue weighted by Crippen LogP contribution is 2.32. The maximum Gasteiger partial charge on any atom is 0.416 e. The van der Waals surface area contributed by atoms with Crippen LogP contribution in [0.5, 0.6) is 0 Å². The molecule has 3 aromatic rings. The van der Waals surface area contributed by atoms with E-state index in [-0.39, 0.29) is 17.3 Å². The number of alkyl halides is 3. The monoisotopic (exact) mass is 349 g/mol. The van der Waals surface area contributed by atoms with Crippen LogP contribution in [0.3, 0.4) is 0 Å². The molecule has 1 aliphatic heterocycles. The Hall–Kier alpha value is -2.68. The molecule has 0 saturated carbocycles. The van der Waals surface area contributed by atoms with E-state index in [9.17, 15) is 13.2 Å². The van der Waals surface area contributed by atoms with Crippen molar-refractivity contribution >= 4 is 0 Å². The fraction of sp³-hybridized carbons (Fsp3) is 0.312. The second-order valence-corrected chi connectivity index (χ2v) is 5.90. The van der Waals surface area contributed by atoms with Crippen LogP contribution in [0.2, 0.25) is 0 Å². The van der Waals surface area contributed by atoms with Gasteiger partial charge in [-0.05, 0) is 31.2 Å². The topological polar surface area (TPSA) is 79.6 Å². The van der Waals surface area contributed by atoms with Gasteiger partial charge in [-0.3, -0.25) is 5.10 Å². The molecule has 9 heteroatoms. The third kappa shape index (κ3) is 3.14. The van der Waals surface area contributed by atoms with E-state index in [2.05, 4.69) is 25.7 Å². The first-order valence-electron chi connectivity index (χ1n) is 7.78. The molecular weight excluding hydrogens is 335 g/mol. The number of hydrogen-bond donors (Lipinski definition) is 2. The van der Waals surface area contributed by atoms with Gasteiger partial charge in [0.05, 0.1) is 5.56 Å². The lowest BCUT2D eigenvalue weighted by Gasteiger charge is -2.06. The molecule has 2 N–H and O–H groups in total. The van der Waals surface area contributed by atoms with Crippen LogP contribution in [0.4, 0.5) is 13.2 Å². The van der Waals surface area contributed by atoms with E-state index in [1.54, 1.807) is 0 Å². The highest BCUT2D eigenvalue weighted by atomic mass is 19.4. The summed E-state index contributed by atoms with van der Waals surface area (Å²) in [6.45, 7) is 1.83. The van der Waals surface area contributed by atoms with Crippen LogP contribution in [0.15, 0.2) is 34.9 Å². The van der Waals surface area contributed by atoms with Gasteiger partial charge >= 0.3 is 6.18 Å². The third-order valence-electron chi connectivity index (χ3n) is 4.19. The molecule has 6 nitrogen and oxygen atoms in total. The second-order valence-electron chi connectivity index (χ2n) is 5.90. The number of nitrogens with zero attached hydrogens (tertiary/aromatic N) is 3. The molecule has 1 atom stereocenters. The number of hydrogen-bond acceptors (Lipinski definition) is 5.